The van der Waals surface area contributed by atoms with Crippen molar-refractivity contribution in [3.63, 3.8) is 0 Å². The van der Waals surface area contributed by atoms with Crippen molar-refractivity contribution in [2.45, 2.75) is 20.3 Å². The van der Waals surface area contributed by atoms with Crippen LogP contribution in [-0.4, -0.2) is 17.4 Å². The summed E-state index contributed by atoms with van der Waals surface area (Å²) in [5.41, 5.74) is 6.55. The Bertz CT molecular complexity index is 562. The highest BCUT2D eigenvalue weighted by atomic mass is 32.1. The first-order valence-electron chi connectivity index (χ1n) is 5.99. The summed E-state index contributed by atoms with van der Waals surface area (Å²) in [6, 6.07) is 1.84. The number of hydrogen-bond acceptors (Lipinski definition) is 4. The number of amides is 1. The first-order valence-corrected chi connectivity index (χ1v) is 6.81. The maximum atomic E-state index is 12.0. The Morgan fingerprint density at radius 1 is 1.56 bits per heavy atom. The second-order valence-electron chi connectivity index (χ2n) is 4.66. The third-order valence-corrected chi connectivity index (χ3v) is 3.90. The zero-order valence-electron chi connectivity index (χ0n) is 10.6. The summed E-state index contributed by atoms with van der Waals surface area (Å²) in [4.78, 5) is 16.6. The van der Waals surface area contributed by atoms with E-state index in [0.29, 0.717) is 23.0 Å². The van der Waals surface area contributed by atoms with Crippen molar-refractivity contribution in [2.75, 3.05) is 12.3 Å². The maximum absolute atomic E-state index is 12.0. The molecule has 0 radical (unpaired) electrons. The lowest BCUT2D eigenvalue weighted by molar-refractivity contribution is 0.0957. The molecule has 0 atom stereocenters. The molecule has 0 aromatic carbocycles. The highest BCUT2D eigenvalue weighted by molar-refractivity contribution is 7.21. The number of nitrogens with zero attached hydrogens (tertiary/aromatic N) is 1. The number of fused-ring (bicyclic) bond motifs is 1. The summed E-state index contributed by atoms with van der Waals surface area (Å²) in [5, 5.41) is 3.81. The minimum absolute atomic E-state index is 0.0886. The van der Waals surface area contributed by atoms with Crippen LogP contribution in [0.3, 0.4) is 0 Å². The third-order valence-electron chi connectivity index (χ3n) is 2.74. The lowest BCUT2D eigenvalue weighted by atomic mass is 10.1. The van der Waals surface area contributed by atoms with Crippen molar-refractivity contribution >= 4 is 33.0 Å². The maximum Gasteiger partial charge on any atom is 0.263 e. The fourth-order valence-electron chi connectivity index (χ4n) is 1.69. The van der Waals surface area contributed by atoms with E-state index in [-0.39, 0.29) is 5.91 Å². The molecule has 96 valence electrons. The highest BCUT2D eigenvalue weighted by Crippen LogP contribution is 2.32. The molecule has 5 heteroatoms. The van der Waals surface area contributed by atoms with Crippen LogP contribution in [0.15, 0.2) is 18.5 Å². The molecular weight excluding hydrogens is 246 g/mol. The van der Waals surface area contributed by atoms with Crippen LogP contribution in [0.25, 0.3) is 10.1 Å². The zero-order chi connectivity index (χ0) is 13.1. The van der Waals surface area contributed by atoms with E-state index < -0.39 is 0 Å². The third kappa shape index (κ3) is 2.61. The fraction of sp³-hybridized carbons (Fsp3) is 0.385. The van der Waals surface area contributed by atoms with Crippen LogP contribution in [-0.2, 0) is 0 Å². The van der Waals surface area contributed by atoms with Gasteiger partial charge in [-0.1, -0.05) is 13.8 Å². The van der Waals surface area contributed by atoms with Crippen molar-refractivity contribution in [1.29, 1.82) is 0 Å². The van der Waals surface area contributed by atoms with Crippen molar-refractivity contribution in [1.82, 2.24) is 10.3 Å². The topological polar surface area (TPSA) is 68.0 Å². The van der Waals surface area contributed by atoms with Gasteiger partial charge in [-0.3, -0.25) is 9.78 Å². The minimum atomic E-state index is -0.0886. The molecule has 0 saturated carbocycles. The number of nitrogen functional groups attached to an aromatic ring is 1. The number of anilines is 1. The molecule has 18 heavy (non-hydrogen) atoms. The second-order valence-corrected chi connectivity index (χ2v) is 5.71. The number of pyridine rings is 1. The molecule has 1 amide bonds. The Hall–Kier alpha value is -1.62. The number of rotatable bonds is 4. The zero-order valence-corrected chi connectivity index (χ0v) is 11.4. The van der Waals surface area contributed by atoms with E-state index in [0.717, 1.165) is 16.5 Å². The number of nitrogens with one attached hydrogen (secondary N) is 1. The molecule has 0 fully saturated rings. The molecule has 2 rings (SSSR count). The molecule has 2 aromatic rings. The van der Waals surface area contributed by atoms with E-state index >= 15 is 0 Å². The number of thiophene rings is 1. The predicted octanol–water partition coefficient (Wildman–Crippen LogP) is 2.65. The first-order chi connectivity index (χ1) is 8.59. The van der Waals surface area contributed by atoms with E-state index in [1.807, 2.05) is 6.07 Å². The highest BCUT2D eigenvalue weighted by Gasteiger charge is 2.15. The molecule has 4 nitrogen and oxygen atoms in total. The molecule has 3 N–H and O–H groups in total. The standard InChI is InChI=1S/C13H17N3OS/c1-8(2)3-6-16-13(17)12-11(14)9-4-5-15-7-10(9)18-12/h4-5,7-8H,3,6,14H2,1-2H3,(H,16,17). The van der Waals surface area contributed by atoms with Gasteiger partial charge in [0.05, 0.1) is 10.4 Å². The average molecular weight is 263 g/mol. The van der Waals surface area contributed by atoms with E-state index in [9.17, 15) is 4.79 Å². The fourth-order valence-corrected chi connectivity index (χ4v) is 2.70. The monoisotopic (exact) mass is 263 g/mol. The van der Waals surface area contributed by atoms with Gasteiger partial charge in [0.2, 0.25) is 0 Å². The molecule has 0 aliphatic heterocycles. The van der Waals surface area contributed by atoms with Crippen molar-refractivity contribution in [3.8, 4) is 0 Å². The number of aromatic nitrogens is 1. The van der Waals surface area contributed by atoms with Gasteiger partial charge in [0.15, 0.2) is 0 Å². The molecule has 0 aliphatic carbocycles. The Labute approximate surface area is 110 Å². The summed E-state index contributed by atoms with van der Waals surface area (Å²) in [5.74, 6) is 0.489. The Balaban J connectivity index is 2.15. The lowest BCUT2D eigenvalue weighted by Gasteiger charge is -2.06. The Morgan fingerprint density at radius 3 is 3.00 bits per heavy atom. The van der Waals surface area contributed by atoms with Gasteiger partial charge in [0.25, 0.3) is 5.91 Å². The number of carbonyl (C=O) groups is 1. The quantitative estimate of drug-likeness (QED) is 0.891. The summed E-state index contributed by atoms with van der Waals surface area (Å²) in [7, 11) is 0. The van der Waals surface area contributed by atoms with Crippen LogP contribution < -0.4 is 11.1 Å². The molecule has 0 unspecified atom stereocenters. The molecule has 0 aliphatic rings. The summed E-state index contributed by atoms with van der Waals surface area (Å²) in [6.45, 7) is 4.94. The number of carbonyl (C=O) groups excluding carboxylic acids is 1. The van der Waals surface area contributed by atoms with Crippen LogP contribution in [0.1, 0.15) is 29.9 Å². The second kappa shape index (κ2) is 5.35. The van der Waals surface area contributed by atoms with Crippen LogP contribution >= 0.6 is 11.3 Å². The lowest BCUT2D eigenvalue weighted by Crippen LogP contribution is -2.25. The normalized spacial score (nSPS) is 11.1. The average Bonchev–Trinajstić information content (AvgIpc) is 2.67. The van der Waals surface area contributed by atoms with E-state index in [2.05, 4.69) is 24.1 Å². The minimum Gasteiger partial charge on any atom is -0.397 e. The van der Waals surface area contributed by atoms with Crippen LogP contribution in [0.2, 0.25) is 0 Å². The van der Waals surface area contributed by atoms with Gasteiger partial charge < -0.3 is 11.1 Å². The first kappa shape index (κ1) is 12.8. The van der Waals surface area contributed by atoms with Gasteiger partial charge in [-0.05, 0) is 18.4 Å². The summed E-state index contributed by atoms with van der Waals surface area (Å²) >= 11 is 1.39. The summed E-state index contributed by atoms with van der Waals surface area (Å²) in [6.07, 6.45) is 4.39. The smallest absolute Gasteiger partial charge is 0.263 e. The van der Waals surface area contributed by atoms with Crippen molar-refractivity contribution in [3.05, 3.63) is 23.3 Å². The van der Waals surface area contributed by atoms with Gasteiger partial charge in [-0.2, -0.15) is 0 Å². The van der Waals surface area contributed by atoms with Gasteiger partial charge in [-0.25, -0.2) is 0 Å². The summed E-state index contributed by atoms with van der Waals surface area (Å²) < 4.78 is 0.948. The molecule has 0 bridgehead atoms. The molecule has 0 saturated heterocycles. The van der Waals surface area contributed by atoms with Gasteiger partial charge in [0.1, 0.15) is 4.88 Å². The van der Waals surface area contributed by atoms with E-state index in [4.69, 9.17) is 5.73 Å². The predicted molar refractivity (Wildman–Crippen MR) is 75.8 cm³/mol. The van der Waals surface area contributed by atoms with Crippen LogP contribution in [0, 0.1) is 5.92 Å². The van der Waals surface area contributed by atoms with Crippen molar-refractivity contribution < 1.29 is 4.79 Å². The molecular formula is C13H17N3OS. The van der Waals surface area contributed by atoms with E-state index in [1.165, 1.54) is 11.3 Å². The number of hydrogen-bond donors (Lipinski definition) is 2. The Kier molecular flexibility index (Phi) is 3.81. The van der Waals surface area contributed by atoms with Gasteiger partial charge in [0, 0.05) is 24.3 Å². The van der Waals surface area contributed by atoms with Crippen molar-refractivity contribution in [2.24, 2.45) is 5.92 Å². The van der Waals surface area contributed by atoms with Crippen LogP contribution in [0.5, 0.6) is 0 Å². The Morgan fingerprint density at radius 2 is 2.33 bits per heavy atom. The SMILES string of the molecule is CC(C)CCNC(=O)c1sc2cnccc2c1N. The van der Waals surface area contributed by atoms with Gasteiger partial charge >= 0.3 is 0 Å². The van der Waals surface area contributed by atoms with Crippen LogP contribution in [0.4, 0.5) is 5.69 Å². The van der Waals surface area contributed by atoms with E-state index in [1.54, 1.807) is 12.4 Å². The number of nitrogens with two attached hydrogens (primary N) is 1. The molecule has 0 spiro atoms. The molecule has 2 aromatic heterocycles. The largest absolute Gasteiger partial charge is 0.397 e. The molecule has 2 heterocycles. The van der Waals surface area contributed by atoms with Gasteiger partial charge in [-0.15, -0.1) is 11.3 Å².